The van der Waals surface area contributed by atoms with Crippen LogP contribution in [0.1, 0.15) is 23.7 Å². The van der Waals surface area contributed by atoms with E-state index in [0.717, 1.165) is 11.3 Å². The average molecular weight is 307 g/mol. The molecule has 0 unspecified atom stereocenters. The van der Waals surface area contributed by atoms with Gasteiger partial charge in [-0.15, -0.1) is 0 Å². The van der Waals surface area contributed by atoms with Gasteiger partial charge in [0.2, 0.25) is 5.95 Å². The fourth-order valence-corrected chi connectivity index (χ4v) is 2.88. The molecule has 118 valence electrons. The molecule has 4 heteroatoms. The fourth-order valence-electron chi connectivity index (χ4n) is 2.88. The van der Waals surface area contributed by atoms with Crippen LogP contribution >= 0.6 is 0 Å². The van der Waals surface area contributed by atoms with Gasteiger partial charge in [-0.05, 0) is 22.8 Å². The van der Waals surface area contributed by atoms with Gasteiger partial charge < -0.3 is 4.90 Å². The third-order valence-electron chi connectivity index (χ3n) is 4.10. The molecular formula is C19H21N3O. The Labute approximate surface area is 135 Å². The predicted molar refractivity (Wildman–Crippen MR) is 95.3 cm³/mol. The topological polar surface area (TPSA) is 49.0 Å². The van der Waals surface area contributed by atoms with E-state index < -0.39 is 0 Å². The van der Waals surface area contributed by atoms with Crippen LogP contribution in [0.3, 0.4) is 0 Å². The lowest BCUT2D eigenvalue weighted by Crippen LogP contribution is -2.23. The summed E-state index contributed by atoms with van der Waals surface area (Å²) >= 11 is 0. The van der Waals surface area contributed by atoms with Gasteiger partial charge in [-0.25, -0.2) is 4.98 Å². The van der Waals surface area contributed by atoms with Crippen LogP contribution < -0.4 is 10.5 Å². The normalized spacial score (nSPS) is 10.9. The second-order valence-electron chi connectivity index (χ2n) is 5.88. The molecule has 3 aromatic rings. The van der Waals surface area contributed by atoms with E-state index >= 15 is 0 Å². The standard InChI is InChI=1S/C19H21N3O/c1-4-15-17(20-19(22(2)3)21-18(15)23)12-14-10-7-9-13-8-5-6-11-16(13)14/h5-11H,4,12H2,1-3H3,(H,20,21,23). The average Bonchev–Trinajstić information content (AvgIpc) is 2.55. The molecular weight excluding hydrogens is 286 g/mol. The van der Waals surface area contributed by atoms with E-state index in [4.69, 9.17) is 0 Å². The molecule has 0 bridgehead atoms. The van der Waals surface area contributed by atoms with Crippen molar-refractivity contribution in [3.8, 4) is 0 Å². The van der Waals surface area contributed by atoms with E-state index in [2.05, 4.69) is 40.3 Å². The Kier molecular flexibility index (Phi) is 4.15. The van der Waals surface area contributed by atoms with E-state index in [9.17, 15) is 4.79 Å². The molecule has 0 atom stereocenters. The number of aromatic amines is 1. The number of rotatable bonds is 4. The summed E-state index contributed by atoms with van der Waals surface area (Å²) in [7, 11) is 3.76. The van der Waals surface area contributed by atoms with Crippen LogP contribution in [-0.4, -0.2) is 24.1 Å². The number of H-pyrrole nitrogens is 1. The van der Waals surface area contributed by atoms with Crippen LogP contribution in [0.4, 0.5) is 5.95 Å². The largest absolute Gasteiger partial charge is 0.348 e. The molecule has 4 nitrogen and oxygen atoms in total. The monoisotopic (exact) mass is 307 g/mol. The summed E-state index contributed by atoms with van der Waals surface area (Å²) in [6, 6.07) is 14.6. The van der Waals surface area contributed by atoms with Gasteiger partial charge >= 0.3 is 0 Å². The fraction of sp³-hybridized carbons (Fsp3) is 0.263. The van der Waals surface area contributed by atoms with Crippen LogP contribution in [0, 0.1) is 0 Å². The lowest BCUT2D eigenvalue weighted by molar-refractivity contribution is 0.890. The zero-order valence-electron chi connectivity index (χ0n) is 13.8. The van der Waals surface area contributed by atoms with Gasteiger partial charge in [-0.2, -0.15) is 0 Å². The maximum Gasteiger partial charge on any atom is 0.255 e. The molecule has 0 aliphatic rings. The van der Waals surface area contributed by atoms with E-state index in [1.807, 2.05) is 38.1 Å². The summed E-state index contributed by atoms with van der Waals surface area (Å²) in [5.74, 6) is 0.599. The number of aromatic nitrogens is 2. The molecule has 0 spiro atoms. The molecule has 1 heterocycles. The van der Waals surface area contributed by atoms with Gasteiger partial charge in [0.25, 0.3) is 5.56 Å². The first-order chi connectivity index (χ1) is 11.1. The Morgan fingerprint density at radius 3 is 2.57 bits per heavy atom. The molecule has 0 aliphatic carbocycles. The molecule has 2 aromatic carbocycles. The summed E-state index contributed by atoms with van der Waals surface area (Å²) in [5.41, 5.74) is 2.78. The van der Waals surface area contributed by atoms with E-state index in [0.29, 0.717) is 18.8 Å². The number of fused-ring (bicyclic) bond motifs is 1. The highest BCUT2D eigenvalue weighted by atomic mass is 16.1. The van der Waals surface area contributed by atoms with Crippen LogP contribution in [0.5, 0.6) is 0 Å². The van der Waals surface area contributed by atoms with Crippen LogP contribution in [0.25, 0.3) is 10.8 Å². The van der Waals surface area contributed by atoms with Crippen molar-refractivity contribution in [2.24, 2.45) is 0 Å². The Bertz CT molecular complexity index is 891. The zero-order valence-corrected chi connectivity index (χ0v) is 13.8. The summed E-state index contributed by atoms with van der Waals surface area (Å²) in [6.07, 6.45) is 1.34. The van der Waals surface area contributed by atoms with Gasteiger partial charge in [0.15, 0.2) is 0 Å². The van der Waals surface area contributed by atoms with Crippen LogP contribution in [0.15, 0.2) is 47.3 Å². The van der Waals surface area contributed by atoms with E-state index in [-0.39, 0.29) is 5.56 Å². The molecule has 1 N–H and O–H groups in total. The minimum atomic E-state index is -0.0403. The van der Waals surface area contributed by atoms with Crippen molar-refractivity contribution in [1.82, 2.24) is 9.97 Å². The number of nitrogens with one attached hydrogen (secondary N) is 1. The third-order valence-corrected chi connectivity index (χ3v) is 4.10. The van der Waals surface area contributed by atoms with Crippen LogP contribution in [0.2, 0.25) is 0 Å². The first kappa shape index (κ1) is 15.3. The Morgan fingerprint density at radius 2 is 1.83 bits per heavy atom. The van der Waals surface area contributed by atoms with Crippen molar-refractivity contribution in [2.45, 2.75) is 19.8 Å². The van der Waals surface area contributed by atoms with Crippen molar-refractivity contribution in [3.05, 3.63) is 69.6 Å². The van der Waals surface area contributed by atoms with Crippen molar-refractivity contribution in [3.63, 3.8) is 0 Å². The number of benzene rings is 2. The summed E-state index contributed by atoms with van der Waals surface area (Å²) in [4.78, 5) is 21.7. The SMILES string of the molecule is CCc1c(Cc2cccc3ccccc23)nc(N(C)C)[nH]c1=O. The van der Waals surface area contributed by atoms with Crippen molar-refractivity contribution in [2.75, 3.05) is 19.0 Å². The van der Waals surface area contributed by atoms with Gasteiger partial charge in [0.1, 0.15) is 0 Å². The molecule has 0 saturated heterocycles. The number of hydrogen-bond acceptors (Lipinski definition) is 3. The summed E-state index contributed by atoms with van der Waals surface area (Å²) in [5, 5.41) is 2.42. The highest BCUT2D eigenvalue weighted by Gasteiger charge is 2.13. The van der Waals surface area contributed by atoms with E-state index in [1.165, 1.54) is 16.3 Å². The molecule has 3 rings (SSSR count). The van der Waals surface area contributed by atoms with Crippen molar-refractivity contribution in [1.29, 1.82) is 0 Å². The first-order valence-corrected chi connectivity index (χ1v) is 7.86. The highest BCUT2D eigenvalue weighted by Crippen LogP contribution is 2.22. The Hall–Kier alpha value is -2.62. The predicted octanol–water partition coefficient (Wildman–Crippen LogP) is 3.14. The van der Waals surface area contributed by atoms with Gasteiger partial charge in [0, 0.05) is 26.1 Å². The molecule has 0 fully saturated rings. The Morgan fingerprint density at radius 1 is 1.09 bits per heavy atom. The quantitative estimate of drug-likeness (QED) is 0.805. The van der Waals surface area contributed by atoms with Crippen molar-refractivity contribution < 1.29 is 0 Å². The number of anilines is 1. The maximum absolute atomic E-state index is 12.3. The molecule has 23 heavy (non-hydrogen) atoms. The summed E-state index contributed by atoms with van der Waals surface area (Å²) in [6.45, 7) is 1.99. The maximum atomic E-state index is 12.3. The lowest BCUT2D eigenvalue weighted by Gasteiger charge is -2.15. The van der Waals surface area contributed by atoms with Crippen molar-refractivity contribution >= 4 is 16.7 Å². The third kappa shape index (κ3) is 2.97. The Balaban J connectivity index is 2.13. The summed E-state index contributed by atoms with van der Waals surface area (Å²) < 4.78 is 0. The zero-order chi connectivity index (χ0) is 16.4. The molecule has 0 amide bonds. The van der Waals surface area contributed by atoms with Gasteiger partial charge in [0.05, 0.1) is 5.69 Å². The second kappa shape index (κ2) is 6.24. The van der Waals surface area contributed by atoms with Crippen LogP contribution in [-0.2, 0) is 12.8 Å². The first-order valence-electron chi connectivity index (χ1n) is 7.86. The number of nitrogens with zero attached hydrogens (tertiary/aromatic N) is 2. The minimum Gasteiger partial charge on any atom is -0.348 e. The molecule has 0 radical (unpaired) electrons. The van der Waals surface area contributed by atoms with Gasteiger partial charge in [-0.1, -0.05) is 49.4 Å². The highest BCUT2D eigenvalue weighted by molar-refractivity contribution is 5.85. The second-order valence-corrected chi connectivity index (χ2v) is 5.88. The molecule has 0 saturated carbocycles. The number of hydrogen-bond donors (Lipinski definition) is 1. The van der Waals surface area contributed by atoms with E-state index in [1.54, 1.807) is 0 Å². The minimum absolute atomic E-state index is 0.0403. The molecule has 0 aliphatic heterocycles. The molecule has 1 aromatic heterocycles. The van der Waals surface area contributed by atoms with Gasteiger partial charge in [-0.3, -0.25) is 9.78 Å². The lowest BCUT2D eigenvalue weighted by atomic mass is 9.98. The smallest absolute Gasteiger partial charge is 0.255 e.